The summed E-state index contributed by atoms with van der Waals surface area (Å²) in [6.45, 7) is 9.81. The molecule has 0 saturated carbocycles. The molecule has 2 heterocycles. The average Bonchev–Trinajstić information content (AvgIpc) is 3.04. The van der Waals surface area contributed by atoms with Gasteiger partial charge >= 0.3 is 0 Å². The highest BCUT2D eigenvalue weighted by Crippen LogP contribution is 2.30. The average molecular weight is 529 g/mol. The number of nitrogens with zero attached hydrogens (tertiary/aromatic N) is 4. The summed E-state index contributed by atoms with van der Waals surface area (Å²) in [4.78, 5) is 18.8. The normalized spacial score (nSPS) is 11.4. The zero-order valence-electron chi connectivity index (χ0n) is 22.8. The van der Waals surface area contributed by atoms with E-state index in [2.05, 4.69) is 78.8 Å². The summed E-state index contributed by atoms with van der Waals surface area (Å²) in [5, 5.41) is 2.38. The summed E-state index contributed by atoms with van der Waals surface area (Å²) in [5.74, 6) is 1.77. The van der Waals surface area contributed by atoms with Crippen molar-refractivity contribution in [2.75, 3.05) is 0 Å². The molecule has 0 N–H and O–H groups in total. The molecule has 0 aliphatic rings. The minimum Gasteiger partial charge on any atom is -0.261 e. The topological polar surface area (TPSA) is 51.6 Å². The summed E-state index contributed by atoms with van der Waals surface area (Å²) in [6.07, 6.45) is 7.17. The third-order valence-electron chi connectivity index (χ3n) is 7.08. The second kappa shape index (κ2) is 11.3. The number of pyridine rings is 1. The third-order valence-corrected chi connectivity index (χ3v) is 7.08. The number of hydrogen-bond donors (Lipinski definition) is 0. The van der Waals surface area contributed by atoms with Crippen LogP contribution in [0.25, 0.3) is 61.4 Å². The maximum atomic E-state index is 4.86. The van der Waals surface area contributed by atoms with Crippen molar-refractivity contribution in [3.63, 3.8) is 0 Å². The lowest BCUT2D eigenvalue weighted by molar-refractivity contribution is 1.04. The van der Waals surface area contributed by atoms with Crippen molar-refractivity contribution in [1.82, 2.24) is 19.9 Å². The van der Waals surface area contributed by atoms with Crippen LogP contribution in [-0.2, 0) is 0 Å². The van der Waals surface area contributed by atoms with E-state index in [1.54, 1.807) is 12.2 Å². The van der Waals surface area contributed by atoms with E-state index in [0.717, 1.165) is 33.5 Å². The number of hydrogen-bond acceptors (Lipinski definition) is 4. The molecule has 2 aromatic heterocycles. The van der Waals surface area contributed by atoms with Crippen LogP contribution < -0.4 is 0 Å². The second-order valence-electron chi connectivity index (χ2n) is 9.72. The van der Waals surface area contributed by atoms with Crippen LogP contribution in [0.5, 0.6) is 0 Å². The SMILES string of the molecule is C=C/C=C(\C=C)c1nc(-c2ccccc2)nc(-c2cccc(-c3ccc(-c4ccc5c(C)nccc5c4)cc3)c2)n1. The largest absolute Gasteiger partial charge is 0.261 e. The summed E-state index contributed by atoms with van der Waals surface area (Å²) in [7, 11) is 0. The van der Waals surface area contributed by atoms with Gasteiger partial charge < -0.3 is 0 Å². The molecule has 0 bridgehead atoms. The molecule has 6 aromatic rings. The molecule has 0 radical (unpaired) electrons. The van der Waals surface area contributed by atoms with E-state index < -0.39 is 0 Å². The Morgan fingerprint density at radius 2 is 1.24 bits per heavy atom. The number of aromatic nitrogens is 4. The van der Waals surface area contributed by atoms with Gasteiger partial charge in [-0.1, -0.05) is 116 Å². The summed E-state index contributed by atoms with van der Waals surface area (Å²) in [6, 6.07) is 35.5. The molecule has 0 aliphatic carbocycles. The first-order valence-corrected chi connectivity index (χ1v) is 13.5. The van der Waals surface area contributed by atoms with Crippen molar-refractivity contribution in [3.05, 3.63) is 152 Å². The van der Waals surface area contributed by atoms with Crippen LogP contribution >= 0.6 is 0 Å². The molecule has 0 amide bonds. The van der Waals surface area contributed by atoms with Crippen molar-refractivity contribution < 1.29 is 0 Å². The molecule has 0 saturated heterocycles. The fourth-order valence-electron chi connectivity index (χ4n) is 4.91. The molecule has 4 aromatic carbocycles. The minimum atomic E-state index is 0.555. The van der Waals surface area contributed by atoms with Gasteiger partial charge in [0.2, 0.25) is 0 Å². The third kappa shape index (κ3) is 5.36. The molecule has 0 spiro atoms. The fourth-order valence-corrected chi connectivity index (χ4v) is 4.91. The highest BCUT2D eigenvalue weighted by Gasteiger charge is 2.13. The van der Waals surface area contributed by atoms with Crippen LogP contribution in [0, 0.1) is 6.92 Å². The van der Waals surface area contributed by atoms with E-state index in [0.29, 0.717) is 17.5 Å². The van der Waals surface area contributed by atoms with E-state index in [9.17, 15) is 0 Å². The Labute approximate surface area is 240 Å². The molecule has 41 heavy (non-hydrogen) atoms. The van der Waals surface area contributed by atoms with Gasteiger partial charge in [-0.25, -0.2) is 15.0 Å². The first-order chi connectivity index (χ1) is 20.1. The molecule has 0 atom stereocenters. The predicted molar refractivity (Wildman–Crippen MR) is 170 cm³/mol. The van der Waals surface area contributed by atoms with Crippen molar-refractivity contribution in [3.8, 4) is 45.0 Å². The van der Waals surface area contributed by atoms with Gasteiger partial charge in [-0.2, -0.15) is 0 Å². The van der Waals surface area contributed by atoms with Crippen LogP contribution in [0.4, 0.5) is 0 Å². The van der Waals surface area contributed by atoms with Gasteiger partial charge in [0, 0.05) is 34.0 Å². The first-order valence-electron chi connectivity index (χ1n) is 13.5. The monoisotopic (exact) mass is 528 g/mol. The lowest BCUT2D eigenvalue weighted by Crippen LogP contribution is -2.02. The van der Waals surface area contributed by atoms with E-state index >= 15 is 0 Å². The molecule has 0 unspecified atom stereocenters. The van der Waals surface area contributed by atoms with E-state index in [-0.39, 0.29) is 0 Å². The second-order valence-corrected chi connectivity index (χ2v) is 9.72. The number of rotatable bonds is 7. The highest BCUT2D eigenvalue weighted by atomic mass is 15.0. The quantitative estimate of drug-likeness (QED) is 0.194. The molecule has 4 nitrogen and oxygen atoms in total. The van der Waals surface area contributed by atoms with Crippen LogP contribution in [0.1, 0.15) is 11.5 Å². The Morgan fingerprint density at radius 1 is 0.610 bits per heavy atom. The van der Waals surface area contributed by atoms with Crippen LogP contribution in [0.15, 0.2) is 141 Å². The lowest BCUT2D eigenvalue weighted by atomic mass is 9.97. The Morgan fingerprint density at radius 3 is 1.95 bits per heavy atom. The van der Waals surface area contributed by atoms with Gasteiger partial charge in [0.25, 0.3) is 0 Å². The first kappa shape index (κ1) is 25.8. The summed E-state index contributed by atoms with van der Waals surface area (Å²) < 4.78 is 0. The Kier molecular flexibility index (Phi) is 7.12. The van der Waals surface area contributed by atoms with Gasteiger partial charge in [-0.15, -0.1) is 0 Å². The molecule has 6 rings (SSSR count). The number of aryl methyl sites for hydroxylation is 1. The van der Waals surface area contributed by atoms with Crippen molar-refractivity contribution >= 4 is 16.3 Å². The Balaban J connectivity index is 1.37. The fraction of sp³-hybridized carbons (Fsp3) is 0.0270. The molecular weight excluding hydrogens is 500 g/mol. The summed E-state index contributed by atoms with van der Waals surface area (Å²) >= 11 is 0. The number of allylic oxidation sites excluding steroid dienone is 4. The molecule has 4 heteroatoms. The highest BCUT2D eigenvalue weighted by molar-refractivity contribution is 5.89. The number of fused-ring (bicyclic) bond motifs is 1. The molecular formula is C37H28N4. The van der Waals surface area contributed by atoms with Crippen LogP contribution in [0.3, 0.4) is 0 Å². The van der Waals surface area contributed by atoms with Gasteiger partial charge in [-0.3, -0.25) is 4.98 Å². The maximum Gasteiger partial charge on any atom is 0.164 e. The van der Waals surface area contributed by atoms with Gasteiger partial charge in [0.1, 0.15) is 0 Å². The predicted octanol–water partition coefficient (Wildman–Crippen LogP) is 9.15. The van der Waals surface area contributed by atoms with Crippen molar-refractivity contribution in [1.29, 1.82) is 0 Å². The van der Waals surface area contributed by atoms with E-state index in [1.807, 2.05) is 61.7 Å². The minimum absolute atomic E-state index is 0.555. The zero-order chi connectivity index (χ0) is 28.2. The maximum absolute atomic E-state index is 4.86. The van der Waals surface area contributed by atoms with Crippen molar-refractivity contribution in [2.24, 2.45) is 0 Å². The number of benzene rings is 4. The van der Waals surface area contributed by atoms with E-state index in [1.165, 1.54) is 21.9 Å². The van der Waals surface area contributed by atoms with Gasteiger partial charge in [-0.05, 0) is 52.8 Å². The Bertz CT molecular complexity index is 1920. The van der Waals surface area contributed by atoms with Gasteiger partial charge in [0.05, 0.1) is 0 Å². The molecule has 196 valence electrons. The molecule has 0 aliphatic heterocycles. The van der Waals surface area contributed by atoms with E-state index in [4.69, 9.17) is 15.0 Å². The van der Waals surface area contributed by atoms with Crippen molar-refractivity contribution in [2.45, 2.75) is 6.92 Å². The summed E-state index contributed by atoms with van der Waals surface area (Å²) in [5.41, 5.74) is 8.21. The standard InChI is InChI=1S/C37H28N4/c1-4-10-26(5-2)35-39-36(29-11-7-6-8-12-29)41-37(40-35)33-14-9-13-30(24-33)27-15-17-28(18-16-27)31-19-20-34-25(3)38-22-21-32(34)23-31/h4-24H,1-2H2,3H3/b26-10+. The smallest absolute Gasteiger partial charge is 0.164 e. The van der Waals surface area contributed by atoms with Crippen LogP contribution in [0.2, 0.25) is 0 Å². The van der Waals surface area contributed by atoms with Crippen LogP contribution in [-0.4, -0.2) is 19.9 Å². The zero-order valence-corrected chi connectivity index (χ0v) is 22.8. The lowest BCUT2D eigenvalue weighted by Gasteiger charge is -2.10. The van der Waals surface area contributed by atoms with Gasteiger partial charge in [0.15, 0.2) is 17.5 Å². The Hall–Kier alpha value is -5.48. The molecule has 0 fully saturated rings.